The van der Waals surface area contributed by atoms with Crippen LogP contribution in [0.15, 0.2) is 243 Å². The molecule has 2 spiro atoms. The molecule has 10 aromatic carbocycles. The van der Waals surface area contributed by atoms with Crippen LogP contribution in [0.5, 0.6) is 0 Å². The van der Waals surface area contributed by atoms with Crippen LogP contribution < -0.4 is 4.90 Å². The molecule has 3 aliphatic rings. The number of hydrogen-bond donors (Lipinski definition) is 0. The average molecular weight is 813 g/mol. The molecule has 2 nitrogen and oxygen atoms in total. The van der Waals surface area contributed by atoms with Gasteiger partial charge >= 0.3 is 0 Å². The van der Waals surface area contributed by atoms with E-state index in [-0.39, 0.29) is 0 Å². The van der Waals surface area contributed by atoms with E-state index in [2.05, 4.69) is 252 Å². The van der Waals surface area contributed by atoms with Crippen LogP contribution in [0.1, 0.15) is 44.5 Å². The van der Waals surface area contributed by atoms with Gasteiger partial charge in [0.15, 0.2) is 0 Å². The fraction of sp³-hybridized carbons (Fsp3) is 0.0323. The van der Waals surface area contributed by atoms with Crippen LogP contribution in [0.4, 0.5) is 17.1 Å². The summed E-state index contributed by atoms with van der Waals surface area (Å²) in [6.45, 7) is 0. The molecule has 14 rings (SSSR count). The van der Waals surface area contributed by atoms with Crippen LogP contribution in [0.2, 0.25) is 0 Å². The molecule has 0 atom stereocenters. The third-order valence-electron chi connectivity index (χ3n) is 14.7. The minimum absolute atomic E-state index is 0.574. The Hall–Kier alpha value is -8.20. The molecule has 1 aromatic heterocycles. The van der Waals surface area contributed by atoms with E-state index in [1.54, 1.807) is 0 Å². The Morgan fingerprint density at radius 3 is 1.20 bits per heavy atom. The van der Waals surface area contributed by atoms with Crippen molar-refractivity contribution in [1.82, 2.24) is 4.57 Å². The molecule has 11 aromatic rings. The van der Waals surface area contributed by atoms with E-state index in [0.717, 1.165) is 22.7 Å². The van der Waals surface area contributed by atoms with Crippen LogP contribution in [0, 0.1) is 0 Å². The van der Waals surface area contributed by atoms with Gasteiger partial charge in [-0.25, -0.2) is 0 Å². The Morgan fingerprint density at radius 2 is 0.672 bits per heavy atom. The zero-order valence-corrected chi connectivity index (χ0v) is 35.0. The molecule has 298 valence electrons. The lowest BCUT2D eigenvalue weighted by atomic mass is 9.52. The molecule has 3 aliphatic carbocycles. The monoisotopic (exact) mass is 812 g/mol. The Labute approximate surface area is 372 Å². The number of fused-ring (bicyclic) bond motifs is 19. The molecule has 1 heterocycles. The van der Waals surface area contributed by atoms with Gasteiger partial charge in [-0.1, -0.05) is 188 Å². The first-order chi connectivity index (χ1) is 31.8. The SMILES string of the molecule is c1ccc(N(c2ccc(-n3c4ccccc4c4ccccc43)cc2)c2cccc3c2C2(c4ccccc4-c4ccccc42)c2ccccc2C32c3ccccc3-c3ccccc32)cc1. The maximum absolute atomic E-state index is 2.52. The van der Waals surface area contributed by atoms with Gasteiger partial charge in [-0.15, -0.1) is 0 Å². The molecular weight excluding hydrogens is 773 g/mol. The van der Waals surface area contributed by atoms with Gasteiger partial charge in [-0.05, 0) is 116 Å². The molecule has 0 fully saturated rings. The zero-order chi connectivity index (χ0) is 42.0. The molecule has 0 N–H and O–H groups in total. The van der Waals surface area contributed by atoms with Crippen molar-refractivity contribution in [2.24, 2.45) is 0 Å². The van der Waals surface area contributed by atoms with Gasteiger partial charge in [0.05, 0.1) is 27.6 Å². The molecular formula is C62H40N2. The van der Waals surface area contributed by atoms with Crippen LogP contribution >= 0.6 is 0 Å². The van der Waals surface area contributed by atoms with Gasteiger partial charge in [-0.2, -0.15) is 0 Å². The Bertz CT molecular complexity index is 3540. The summed E-state index contributed by atoms with van der Waals surface area (Å²) in [4.78, 5) is 2.52. The minimum atomic E-state index is -0.636. The lowest BCUT2D eigenvalue weighted by molar-refractivity contribution is 0.633. The summed E-state index contributed by atoms with van der Waals surface area (Å²) in [5, 5.41) is 2.52. The smallest absolute Gasteiger partial charge is 0.0740 e. The van der Waals surface area contributed by atoms with E-state index < -0.39 is 10.8 Å². The number of anilines is 3. The number of rotatable bonds is 4. The average Bonchev–Trinajstić information content (AvgIpc) is 3.97. The van der Waals surface area contributed by atoms with E-state index in [1.165, 1.54) is 88.6 Å². The van der Waals surface area contributed by atoms with Crippen LogP contribution in [0.25, 0.3) is 49.7 Å². The van der Waals surface area contributed by atoms with E-state index in [9.17, 15) is 0 Å². The van der Waals surface area contributed by atoms with Gasteiger partial charge in [0, 0.05) is 33.4 Å². The third-order valence-corrected chi connectivity index (χ3v) is 14.7. The first-order valence-electron chi connectivity index (χ1n) is 22.4. The van der Waals surface area contributed by atoms with Crippen LogP contribution in [-0.2, 0) is 10.8 Å². The number of nitrogens with zero attached hydrogens (tertiary/aromatic N) is 2. The van der Waals surface area contributed by atoms with Crippen molar-refractivity contribution in [2.45, 2.75) is 10.8 Å². The minimum Gasteiger partial charge on any atom is -0.310 e. The number of hydrogen-bond acceptors (Lipinski definition) is 1. The summed E-state index contributed by atoms with van der Waals surface area (Å²) in [6, 6.07) is 90.9. The van der Waals surface area contributed by atoms with Crippen molar-refractivity contribution < 1.29 is 0 Å². The maximum atomic E-state index is 2.52. The standard InChI is InChI=1S/C62H40N2/c1-2-19-41(20-3-1)63(42-37-39-43(40-38-42)64-57-34-16-8-25-48(57)49-26-9-17-35-58(49)64)59-36-18-33-56-60(59)62(52-29-12-6-23-46(52)47-24-7-13-30-53(47)62)55-32-15-14-31-54(55)61(56)50-27-10-4-21-44(50)45-22-5-11-28-51(45)61/h1-40H. The summed E-state index contributed by atoms with van der Waals surface area (Å²) in [6.07, 6.45) is 0. The van der Waals surface area contributed by atoms with E-state index >= 15 is 0 Å². The summed E-state index contributed by atoms with van der Waals surface area (Å²) in [5.41, 5.74) is 21.5. The summed E-state index contributed by atoms with van der Waals surface area (Å²) >= 11 is 0. The predicted molar refractivity (Wildman–Crippen MR) is 264 cm³/mol. The fourth-order valence-corrected chi connectivity index (χ4v) is 12.4. The van der Waals surface area contributed by atoms with E-state index in [4.69, 9.17) is 0 Å². The molecule has 0 radical (unpaired) electrons. The third kappa shape index (κ3) is 4.39. The van der Waals surface area contributed by atoms with Gasteiger partial charge in [0.2, 0.25) is 0 Å². The predicted octanol–water partition coefficient (Wildman–Crippen LogP) is 15.3. The second-order valence-electron chi connectivity index (χ2n) is 17.5. The highest BCUT2D eigenvalue weighted by molar-refractivity contribution is 6.09. The zero-order valence-electron chi connectivity index (χ0n) is 35.0. The van der Waals surface area contributed by atoms with Gasteiger partial charge in [-0.3, -0.25) is 0 Å². The van der Waals surface area contributed by atoms with Crippen molar-refractivity contribution in [3.05, 3.63) is 287 Å². The number of aromatic nitrogens is 1. The van der Waals surface area contributed by atoms with Crippen molar-refractivity contribution in [2.75, 3.05) is 4.90 Å². The Morgan fingerprint density at radius 1 is 0.281 bits per heavy atom. The normalized spacial score (nSPS) is 14.2. The number of benzene rings is 10. The number of para-hydroxylation sites is 3. The topological polar surface area (TPSA) is 8.17 Å². The molecule has 0 bridgehead atoms. The summed E-state index contributed by atoms with van der Waals surface area (Å²) in [5.74, 6) is 0. The second-order valence-corrected chi connectivity index (χ2v) is 17.5. The molecule has 0 amide bonds. The Kier molecular flexibility index (Phi) is 7.28. The highest BCUT2D eigenvalue weighted by Gasteiger charge is 2.60. The quantitative estimate of drug-likeness (QED) is 0.172. The maximum Gasteiger partial charge on any atom is 0.0740 e. The van der Waals surface area contributed by atoms with Crippen molar-refractivity contribution >= 4 is 38.9 Å². The van der Waals surface area contributed by atoms with Gasteiger partial charge < -0.3 is 9.47 Å². The molecule has 0 aliphatic heterocycles. The van der Waals surface area contributed by atoms with Crippen LogP contribution in [0.3, 0.4) is 0 Å². The molecule has 64 heavy (non-hydrogen) atoms. The summed E-state index contributed by atoms with van der Waals surface area (Å²) in [7, 11) is 0. The first-order valence-corrected chi connectivity index (χ1v) is 22.4. The fourth-order valence-electron chi connectivity index (χ4n) is 12.4. The van der Waals surface area contributed by atoms with Gasteiger partial charge in [0.1, 0.15) is 0 Å². The van der Waals surface area contributed by atoms with Gasteiger partial charge in [0.25, 0.3) is 0 Å². The van der Waals surface area contributed by atoms with Crippen LogP contribution in [-0.4, -0.2) is 4.57 Å². The van der Waals surface area contributed by atoms with Crippen molar-refractivity contribution in [3.63, 3.8) is 0 Å². The Balaban J connectivity index is 1.11. The molecule has 0 unspecified atom stereocenters. The molecule has 0 saturated carbocycles. The van der Waals surface area contributed by atoms with E-state index in [1.807, 2.05) is 0 Å². The highest BCUT2D eigenvalue weighted by Crippen LogP contribution is 2.69. The summed E-state index contributed by atoms with van der Waals surface area (Å²) < 4.78 is 2.41. The largest absolute Gasteiger partial charge is 0.310 e. The van der Waals surface area contributed by atoms with E-state index in [0.29, 0.717) is 0 Å². The van der Waals surface area contributed by atoms with Crippen molar-refractivity contribution in [3.8, 4) is 27.9 Å². The highest BCUT2D eigenvalue weighted by atomic mass is 15.1. The second kappa shape index (κ2) is 13.2. The molecule has 0 saturated heterocycles. The lowest BCUT2D eigenvalue weighted by Gasteiger charge is -2.50. The molecule has 2 heteroatoms. The lowest BCUT2D eigenvalue weighted by Crippen LogP contribution is -2.44. The van der Waals surface area contributed by atoms with Crippen molar-refractivity contribution in [1.29, 1.82) is 0 Å². The first kappa shape index (κ1) is 35.4.